The minimum atomic E-state index is -0.987. The molecule has 6 heteroatoms. The van der Waals surface area contributed by atoms with E-state index >= 15 is 0 Å². The van der Waals surface area contributed by atoms with Crippen LogP contribution in [0.1, 0.15) is 23.7 Å². The van der Waals surface area contributed by atoms with Crippen LogP contribution < -0.4 is 5.32 Å². The van der Waals surface area contributed by atoms with Crippen LogP contribution >= 0.6 is 0 Å². The van der Waals surface area contributed by atoms with Gasteiger partial charge < -0.3 is 20.3 Å². The summed E-state index contributed by atoms with van der Waals surface area (Å²) < 4.78 is 4.62. The van der Waals surface area contributed by atoms with Crippen molar-refractivity contribution in [1.82, 2.24) is 0 Å². The van der Waals surface area contributed by atoms with Gasteiger partial charge in [-0.1, -0.05) is 12.2 Å². The smallest absolute Gasteiger partial charge is 0.307 e. The molecule has 3 atom stereocenters. The van der Waals surface area contributed by atoms with Crippen molar-refractivity contribution in [2.24, 2.45) is 0 Å². The van der Waals surface area contributed by atoms with Crippen LogP contribution in [0.25, 0.3) is 0 Å². The second-order valence-corrected chi connectivity index (χ2v) is 4.89. The van der Waals surface area contributed by atoms with Crippen LogP contribution in [0.15, 0.2) is 36.4 Å². The molecule has 120 valence electrons. The summed E-state index contributed by atoms with van der Waals surface area (Å²) in [6.45, 7) is 1.56. The number of rotatable bonds is 8. The SMILES string of the molecule is COC(=O)C[C@H](Nc1ccc(C=O)cc1)[C@@H](O)/C=C/[C@H](C)O. The number of hydrogen-bond acceptors (Lipinski definition) is 6. The Labute approximate surface area is 129 Å². The largest absolute Gasteiger partial charge is 0.469 e. The average molecular weight is 307 g/mol. The summed E-state index contributed by atoms with van der Waals surface area (Å²) in [5.41, 5.74) is 1.19. The van der Waals surface area contributed by atoms with Crippen molar-refractivity contribution < 1.29 is 24.5 Å². The first-order chi connectivity index (χ1) is 10.5. The Morgan fingerprint density at radius 3 is 2.41 bits per heavy atom. The molecular formula is C16H21NO5. The summed E-state index contributed by atoms with van der Waals surface area (Å²) in [5.74, 6) is -0.466. The highest BCUT2D eigenvalue weighted by molar-refractivity contribution is 5.76. The van der Waals surface area contributed by atoms with Crippen molar-refractivity contribution in [1.29, 1.82) is 0 Å². The highest BCUT2D eigenvalue weighted by Gasteiger charge is 2.21. The molecule has 0 heterocycles. The zero-order valence-corrected chi connectivity index (χ0v) is 12.6. The summed E-state index contributed by atoms with van der Waals surface area (Å²) >= 11 is 0. The first-order valence-electron chi connectivity index (χ1n) is 6.89. The van der Waals surface area contributed by atoms with E-state index in [0.717, 1.165) is 6.29 Å². The summed E-state index contributed by atoms with van der Waals surface area (Å²) in [6, 6.07) is 5.99. The molecule has 22 heavy (non-hydrogen) atoms. The number of methoxy groups -OCH3 is 1. The molecule has 1 aromatic rings. The minimum absolute atomic E-state index is 0.0444. The van der Waals surface area contributed by atoms with Gasteiger partial charge in [-0.3, -0.25) is 9.59 Å². The highest BCUT2D eigenvalue weighted by atomic mass is 16.5. The van der Waals surface area contributed by atoms with Gasteiger partial charge in [0, 0.05) is 11.3 Å². The van der Waals surface area contributed by atoms with E-state index in [9.17, 15) is 19.8 Å². The van der Waals surface area contributed by atoms with E-state index in [1.807, 2.05) is 0 Å². The minimum Gasteiger partial charge on any atom is -0.469 e. The van der Waals surface area contributed by atoms with Crippen LogP contribution in [-0.4, -0.2) is 47.8 Å². The zero-order chi connectivity index (χ0) is 16.5. The predicted molar refractivity (Wildman–Crippen MR) is 82.7 cm³/mol. The van der Waals surface area contributed by atoms with E-state index in [4.69, 9.17) is 0 Å². The number of carbonyl (C=O) groups is 2. The fraction of sp³-hybridized carbons (Fsp3) is 0.375. The number of benzene rings is 1. The summed E-state index contributed by atoms with van der Waals surface area (Å²) in [5, 5.41) is 22.4. The van der Waals surface area contributed by atoms with E-state index in [1.54, 1.807) is 31.2 Å². The fourth-order valence-corrected chi connectivity index (χ4v) is 1.80. The number of esters is 1. The van der Waals surface area contributed by atoms with Crippen molar-refractivity contribution in [3.8, 4) is 0 Å². The number of aliphatic hydroxyl groups excluding tert-OH is 2. The predicted octanol–water partition coefficient (Wildman–Crippen LogP) is 1.14. The van der Waals surface area contributed by atoms with Crippen molar-refractivity contribution in [2.75, 3.05) is 12.4 Å². The Balaban J connectivity index is 2.83. The monoisotopic (exact) mass is 307 g/mol. The van der Waals surface area contributed by atoms with Gasteiger partial charge in [0.1, 0.15) is 6.29 Å². The molecular weight excluding hydrogens is 286 g/mol. The number of aldehydes is 1. The first kappa shape index (κ1) is 17.9. The quantitative estimate of drug-likeness (QED) is 0.379. The summed E-state index contributed by atoms with van der Waals surface area (Å²) in [4.78, 5) is 22.1. The molecule has 0 saturated carbocycles. The van der Waals surface area contributed by atoms with Crippen LogP contribution in [0.3, 0.4) is 0 Å². The van der Waals surface area contributed by atoms with E-state index in [0.29, 0.717) is 11.3 Å². The lowest BCUT2D eigenvalue weighted by atomic mass is 10.1. The normalized spacial score (nSPS) is 15.1. The Morgan fingerprint density at radius 2 is 1.91 bits per heavy atom. The van der Waals surface area contributed by atoms with Gasteiger partial charge >= 0.3 is 5.97 Å². The van der Waals surface area contributed by atoms with Crippen molar-refractivity contribution in [3.63, 3.8) is 0 Å². The van der Waals surface area contributed by atoms with Crippen molar-refractivity contribution >= 4 is 17.9 Å². The zero-order valence-electron chi connectivity index (χ0n) is 12.6. The molecule has 0 aliphatic heterocycles. The van der Waals surface area contributed by atoms with Crippen LogP contribution in [0.4, 0.5) is 5.69 Å². The first-order valence-corrected chi connectivity index (χ1v) is 6.89. The Kier molecular flexibility index (Phi) is 7.28. The topological polar surface area (TPSA) is 95.9 Å². The van der Waals surface area contributed by atoms with Gasteiger partial charge in [-0.15, -0.1) is 0 Å². The van der Waals surface area contributed by atoms with E-state index < -0.39 is 24.2 Å². The Hall–Kier alpha value is -2.18. The van der Waals surface area contributed by atoms with Gasteiger partial charge in [0.05, 0.1) is 31.8 Å². The van der Waals surface area contributed by atoms with E-state index in [1.165, 1.54) is 19.3 Å². The number of aliphatic hydroxyl groups is 2. The van der Waals surface area contributed by atoms with Crippen LogP contribution in [-0.2, 0) is 9.53 Å². The van der Waals surface area contributed by atoms with Crippen molar-refractivity contribution in [3.05, 3.63) is 42.0 Å². The lowest BCUT2D eigenvalue weighted by Gasteiger charge is -2.22. The molecule has 0 radical (unpaired) electrons. The maximum absolute atomic E-state index is 11.5. The second kappa shape index (κ2) is 8.96. The van der Waals surface area contributed by atoms with E-state index in [2.05, 4.69) is 10.1 Å². The molecule has 0 aromatic heterocycles. The molecule has 0 amide bonds. The number of carbonyl (C=O) groups excluding carboxylic acids is 2. The molecule has 3 N–H and O–H groups in total. The average Bonchev–Trinajstić information content (AvgIpc) is 2.52. The standard InChI is InChI=1S/C16H21NO5/c1-11(19)3-8-15(20)14(9-16(21)22-2)17-13-6-4-12(10-18)5-7-13/h3-8,10-11,14-15,17,19-20H,9H2,1-2H3/b8-3+/t11-,14-,15-/m0/s1. The van der Waals surface area contributed by atoms with E-state index in [-0.39, 0.29) is 6.42 Å². The highest BCUT2D eigenvalue weighted by Crippen LogP contribution is 2.14. The molecule has 0 unspecified atom stereocenters. The lowest BCUT2D eigenvalue weighted by Crippen LogP contribution is -2.35. The molecule has 1 aromatic carbocycles. The molecule has 0 aliphatic rings. The number of hydrogen-bond donors (Lipinski definition) is 3. The molecule has 0 saturated heterocycles. The molecule has 1 rings (SSSR count). The summed E-state index contributed by atoms with van der Waals surface area (Å²) in [7, 11) is 1.27. The fourth-order valence-electron chi connectivity index (χ4n) is 1.80. The molecule has 6 nitrogen and oxygen atoms in total. The lowest BCUT2D eigenvalue weighted by molar-refractivity contribution is -0.141. The number of nitrogens with one attached hydrogen (secondary N) is 1. The summed E-state index contributed by atoms with van der Waals surface area (Å²) in [6.07, 6.45) is 1.87. The third-order valence-corrected chi connectivity index (χ3v) is 3.01. The van der Waals surface area contributed by atoms with Crippen LogP contribution in [0, 0.1) is 0 Å². The van der Waals surface area contributed by atoms with Gasteiger partial charge in [0.15, 0.2) is 0 Å². The number of ether oxygens (including phenoxy) is 1. The van der Waals surface area contributed by atoms with Gasteiger partial charge in [-0.05, 0) is 31.2 Å². The maximum Gasteiger partial charge on any atom is 0.307 e. The number of anilines is 1. The van der Waals surface area contributed by atoms with Crippen LogP contribution in [0.2, 0.25) is 0 Å². The molecule has 0 bridgehead atoms. The van der Waals surface area contributed by atoms with Gasteiger partial charge in [0.25, 0.3) is 0 Å². The molecule has 0 fully saturated rings. The van der Waals surface area contributed by atoms with Gasteiger partial charge in [-0.2, -0.15) is 0 Å². The van der Waals surface area contributed by atoms with Gasteiger partial charge in [0.2, 0.25) is 0 Å². The Morgan fingerprint density at radius 1 is 1.27 bits per heavy atom. The Bertz CT molecular complexity index is 510. The van der Waals surface area contributed by atoms with Crippen molar-refractivity contribution in [2.45, 2.75) is 31.6 Å². The third kappa shape index (κ3) is 6.07. The maximum atomic E-state index is 11.5. The van der Waals surface area contributed by atoms with Gasteiger partial charge in [-0.25, -0.2) is 0 Å². The molecule has 0 aliphatic carbocycles. The third-order valence-electron chi connectivity index (χ3n) is 3.01. The molecule has 0 spiro atoms. The van der Waals surface area contributed by atoms with Crippen LogP contribution in [0.5, 0.6) is 0 Å². The second-order valence-electron chi connectivity index (χ2n) is 4.89.